The molecule has 0 saturated carbocycles. The first kappa shape index (κ1) is 23.3. The quantitative estimate of drug-likeness (QED) is 0.424. The van der Waals surface area contributed by atoms with Crippen molar-refractivity contribution < 1.29 is 31.8 Å². The van der Waals surface area contributed by atoms with Gasteiger partial charge >= 0.3 is 6.36 Å². The van der Waals surface area contributed by atoms with Crippen LogP contribution in [0, 0.1) is 5.82 Å². The lowest BCUT2D eigenvalue weighted by molar-refractivity contribution is -0.274. The summed E-state index contributed by atoms with van der Waals surface area (Å²) in [6, 6.07) is 7.81. The third-order valence-electron chi connectivity index (χ3n) is 4.67. The Morgan fingerprint density at radius 1 is 1.29 bits per heavy atom. The van der Waals surface area contributed by atoms with E-state index >= 15 is 0 Å². The highest BCUT2D eigenvalue weighted by Crippen LogP contribution is 2.32. The molecule has 0 radical (unpaired) electrons. The van der Waals surface area contributed by atoms with Crippen LogP contribution in [0.4, 0.5) is 23.2 Å². The third kappa shape index (κ3) is 6.10. The molecule has 0 aromatic heterocycles. The first-order valence-corrected chi connectivity index (χ1v) is 10.9. The average molecular weight is 479 g/mol. The highest BCUT2D eigenvalue weighted by atomic mass is 35.5. The summed E-state index contributed by atoms with van der Waals surface area (Å²) >= 11 is 7.20. The van der Waals surface area contributed by atoms with Crippen molar-refractivity contribution in [3.8, 4) is 11.5 Å². The Balaban J connectivity index is 1.66. The molecule has 5 nitrogen and oxygen atoms in total. The monoisotopic (exact) mass is 478 g/mol. The van der Waals surface area contributed by atoms with Gasteiger partial charge in [0.2, 0.25) is 0 Å². The lowest BCUT2D eigenvalue weighted by Crippen LogP contribution is -2.34. The van der Waals surface area contributed by atoms with E-state index in [4.69, 9.17) is 16.3 Å². The summed E-state index contributed by atoms with van der Waals surface area (Å²) in [6.07, 6.45) is -1.45. The second kappa shape index (κ2) is 9.86. The van der Waals surface area contributed by atoms with Crippen molar-refractivity contribution in [1.29, 1.82) is 0 Å². The Kier molecular flexibility index (Phi) is 7.42. The standard InChI is InChI=1S/C20H19ClF4N2O3S/c1-31-26-19(28)15-9-16(21)18(10-17(15)22)29-11-13-3-2-8-27(13)12-4-6-14(7-5-12)30-20(23,24)25/h4-7,9-10,13H,2-3,8,11H2,1H3,(H,26,28). The molecule has 0 bridgehead atoms. The molecular formula is C20H19ClF4N2O3S. The summed E-state index contributed by atoms with van der Waals surface area (Å²) in [5.41, 5.74) is 0.539. The zero-order valence-electron chi connectivity index (χ0n) is 16.3. The number of hydrogen-bond acceptors (Lipinski definition) is 5. The Bertz CT molecular complexity index is 928. The molecule has 3 rings (SSSR count). The van der Waals surface area contributed by atoms with Crippen molar-refractivity contribution in [3.63, 3.8) is 0 Å². The van der Waals surface area contributed by atoms with Gasteiger partial charge in [-0.25, -0.2) is 4.39 Å². The van der Waals surface area contributed by atoms with Crippen LogP contribution in [0.2, 0.25) is 5.02 Å². The van der Waals surface area contributed by atoms with Crippen molar-refractivity contribution in [2.45, 2.75) is 25.2 Å². The lowest BCUT2D eigenvalue weighted by atomic mass is 10.2. The van der Waals surface area contributed by atoms with Gasteiger partial charge in [0.25, 0.3) is 5.91 Å². The van der Waals surface area contributed by atoms with E-state index in [0.717, 1.165) is 36.5 Å². The third-order valence-corrected chi connectivity index (χ3v) is 5.36. The molecule has 1 atom stereocenters. The molecule has 1 saturated heterocycles. The average Bonchev–Trinajstić information content (AvgIpc) is 3.16. The number of carbonyl (C=O) groups excluding carboxylic acids is 1. The SMILES string of the molecule is CSNC(=O)c1cc(Cl)c(OCC2CCCN2c2ccc(OC(F)(F)F)cc2)cc1F. The topological polar surface area (TPSA) is 50.8 Å². The predicted molar refractivity (Wildman–Crippen MR) is 111 cm³/mol. The number of nitrogens with zero attached hydrogens (tertiary/aromatic N) is 1. The fourth-order valence-corrected chi connectivity index (χ4v) is 3.85. The molecule has 0 aliphatic carbocycles. The minimum absolute atomic E-state index is 0.0759. The molecular weight excluding hydrogens is 460 g/mol. The van der Waals surface area contributed by atoms with E-state index in [1.807, 2.05) is 4.90 Å². The Hall–Kier alpha value is -2.33. The van der Waals surface area contributed by atoms with Gasteiger partial charge in [-0.05, 0) is 43.2 Å². The molecule has 1 aliphatic rings. The highest BCUT2D eigenvalue weighted by Gasteiger charge is 2.31. The predicted octanol–water partition coefficient (Wildman–Crippen LogP) is 5.43. The van der Waals surface area contributed by atoms with E-state index in [-0.39, 0.29) is 34.7 Å². The lowest BCUT2D eigenvalue weighted by Gasteiger charge is -2.27. The maximum Gasteiger partial charge on any atom is 0.573 e. The number of ether oxygens (including phenoxy) is 2. The van der Waals surface area contributed by atoms with Gasteiger partial charge < -0.3 is 14.4 Å². The van der Waals surface area contributed by atoms with E-state index in [9.17, 15) is 22.4 Å². The molecule has 1 N–H and O–H groups in total. The van der Waals surface area contributed by atoms with Gasteiger partial charge in [-0.2, -0.15) is 0 Å². The van der Waals surface area contributed by atoms with Crippen LogP contribution in [0.1, 0.15) is 23.2 Å². The zero-order chi connectivity index (χ0) is 22.6. The van der Waals surface area contributed by atoms with Crippen LogP contribution in [-0.4, -0.2) is 37.7 Å². The largest absolute Gasteiger partial charge is 0.573 e. The molecule has 1 aliphatic heterocycles. The van der Waals surface area contributed by atoms with Gasteiger partial charge in [0.05, 0.1) is 16.6 Å². The maximum absolute atomic E-state index is 14.3. The van der Waals surface area contributed by atoms with E-state index in [2.05, 4.69) is 9.46 Å². The van der Waals surface area contributed by atoms with Crippen LogP contribution in [0.5, 0.6) is 11.5 Å². The molecule has 1 amide bonds. The Morgan fingerprint density at radius 3 is 2.65 bits per heavy atom. The second-order valence-corrected chi connectivity index (χ2v) is 7.76. The van der Waals surface area contributed by atoms with Crippen LogP contribution >= 0.6 is 23.5 Å². The summed E-state index contributed by atoms with van der Waals surface area (Å²) in [6.45, 7) is 0.889. The number of carbonyl (C=O) groups is 1. The summed E-state index contributed by atoms with van der Waals surface area (Å²) in [4.78, 5) is 13.8. The summed E-state index contributed by atoms with van der Waals surface area (Å²) in [5, 5.41) is 0.103. The van der Waals surface area contributed by atoms with Crippen LogP contribution in [0.25, 0.3) is 0 Å². The van der Waals surface area contributed by atoms with E-state index in [0.29, 0.717) is 6.54 Å². The smallest absolute Gasteiger partial charge is 0.490 e. The van der Waals surface area contributed by atoms with Gasteiger partial charge in [0, 0.05) is 24.6 Å². The number of alkyl halides is 3. The molecule has 168 valence electrons. The minimum Gasteiger partial charge on any atom is -0.490 e. The van der Waals surface area contributed by atoms with E-state index < -0.39 is 18.1 Å². The van der Waals surface area contributed by atoms with E-state index in [1.54, 1.807) is 18.4 Å². The number of rotatable bonds is 7. The van der Waals surface area contributed by atoms with Gasteiger partial charge in [-0.15, -0.1) is 13.2 Å². The number of benzene rings is 2. The number of halogens is 5. The maximum atomic E-state index is 14.3. The van der Waals surface area contributed by atoms with Gasteiger partial charge in [-0.3, -0.25) is 9.52 Å². The van der Waals surface area contributed by atoms with Gasteiger partial charge in [0.15, 0.2) is 0 Å². The Morgan fingerprint density at radius 2 is 2.00 bits per heavy atom. The zero-order valence-corrected chi connectivity index (χ0v) is 17.9. The fraction of sp³-hybridized carbons (Fsp3) is 0.350. The van der Waals surface area contributed by atoms with Crippen molar-refractivity contribution in [2.75, 3.05) is 24.3 Å². The van der Waals surface area contributed by atoms with Crippen molar-refractivity contribution >= 4 is 35.1 Å². The second-order valence-electron chi connectivity index (χ2n) is 6.74. The number of anilines is 1. The molecule has 11 heteroatoms. The van der Waals surface area contributed by atoms with E-state index in [1.165, 1.54) is 18.2 Å². The molecule has 1 heterocycles. The number of amides is 1. The Labute approximate surface area is 185 Å². The first-order valence-electron chi connectivity index (χ1n) is 9.25. The molecule has 31 heavy (non-hydrogen) atoms. The van der Waals surface area contributed by atoms with Crippen molar-refractivity contribution in [2.24, 2.45) is 0 Å². The number of hydrogen-bond donors (Lipinski definition) is 1. The van der Waals surface area contributed by atoms with Gasteiger partial charge in [-0.1, -0.05) is 23.5 Å². The number of nitrogens with one attached hydrogen (secondary N) is 1. The van der Waals surface area contributed by atoms with Crippen molar-refractivity contribution in [1.82, 2.24) is 4.72 Å². The molecule has 2 aromatic rings. The first-order chi connectivity index (χ1) is 14.7. The minimum atomic E-state index is -4.74. The molecule has 1 fully saturated rings. The molecule has 1 unspecified atom stereocenters. The van der Waals surface area contributed by atoms with Crippen LogP contribution in [0.15, 0.2) is 36.4 Å². The summed E-state index contributed by atoms with van der Waals surface area (Å²) in [7, 11) is 0. The van der Waals surface area contributed by atoms with Crippen molar-refractivity contribution in [3.05, 3.63) is 52.8 Å². The van der Waals surface area contributed by atoms with Crippen LogP contribution < -0.4 is 19.1 Å². The highest BCUT2D eigenvalue weighted by molar-refractivity contribution is 7.97. The van der Waals surface area contributed by atoms with Gasteiger partial charge in [0.1, 0.15) is 23.9 Å². The fourth-order valence-electron chi connectivity index (χ4n) is 3.34. The summed E-state index contributed by atoms with van der Waals surface area (Å²) in [5.74, 6) is -1.54. The normalized spacial score (nSPS) is 16.3. The summed E-state index contributed by atoms with van der Waals surface area (Å²) < 4.78 is 63.3. The molecule has 0 spiro atoms. The molecule has 2 aromatic carbocycles. The van der Waals surface area contributed by atoms with Crippen LogP contribution in [0.3, 0.4) is 0 Å². The van der Waals surface area contributed by atoms with Crippen LogP contribution in [-0.2, 0) is 0 Å².